The number of aromatic nitrogens is 2. The van der Waals surface area contributed by atoms with Gasteiger partial charge in [-0.1, -0.05) is 0 Å². The largest absolute Gasteiger partial charge is 0.366 e. The van der Waals surface area contributed by atoms with E-state index in [-0.39, 0.29) is 22.5 Å². The summed E-state index contributed by atoms with van der Waals surface area (Å²) < 4.78 is 42.4. The Bertz CT molecular complexity index is 1060. The fraction of sp³-hybridized carbons (Fsp3) is 0.0556. The highest BCUT2D eigenvalue weighted by molar-refractivity contribution is 6.08. The molecule has 138 valence electrons. The predicted octanol–water partition coefficient (Wildman–Crippen LogP) is 2.86. The number of primary amides is 1. The normalized spacial score (nSPS) is 10.7. The second kappa shape index (κ2) is 6.94. The van der Waals surface area contributed by atoms with Crippen molar-refractivity contribution in [2.24, 2.45) is 12.8 Å². The van der Waals surface area contributed by atoms with Crippen LogP contribution in [0.1, 0.15) is 20.7 Å². The maximum Gasteiger partial charge on any atom is 0.259 e. The average Bonchev–Trinajstić information content (AvgIpc) is 3.00. The van der Waals surface area contributed by atoms with Crippen LogP contribution in [-0.4, -0.2) is 21.6 Å². The zero-order valence-electron chi connectivity index (χ0n) is 14.0. The summed E-state index contributed by atoms with van der Waals surface area (Å²) in [6, 6.07) is 6.10. The van der Waals surface area contributed by atoms with Crippen LogP contribution in [0.15, 0.2) is 42.6 Å². The maximum absolute atomic E-state index is 14.1. The Morgan fingerprint density at radius 1 is 1.04 bits per heavy atom. The van der Waals surface area contributed by atoms with E-state index < -0.39 is 34.8 Å². The van der Waals surface area contributed by atoms with E-state index in [2.05, 4.69) is 10.4 Å². The molecule has 3 N–H and O–H groups in total. The number of nitrogens with one attached hydrogen (secondary N) is 1. The number of carbonyl (C=O) groups excluding carboxylic acids is 2. The molecule has 0 atom stereocenters. The molecule has 3 aromatic rings. The van der Waals surface area contributed by atoms with Crippen LogP contribution < -0.4 is 11.1 Å². The molecule has 0 bridgehead atoms. The van der Waals surface area contributed by atoms with Crippen LogP contribution in [0.4, 0.5) is 18.9 Å². The number of carbonyl (C=O) groups is 2. The summed E-state index contributed by atoms with van der Waals surface area (Å²) in [7, 11) is 1.51. The third-order valence-corrected chi connectivity index (χ3v) is 3.75. The number of rotatable bonds is 4. The summed E-state index contributed by atoms with van der Waals surface area (Å²) in [6.07, 6.45) is 1.33. The van der Waals surface area contributed by atoms with E-state index in [4.69, 9.17) is 5.73 Å². The number of hydrogen-bond donors (Lipinski definition) is 2. The number of anilines is 1. The van der Waals surface area contributed by atoms with Gasteiger partial charge in [0, 0.05) is 24.5 Å². The smallest absolute Gasteiger partial charge is 0.259 e. The van der Waals surface area contributed by atoms with Crippen molar-refractivity contribution in [3.05, 3.63) is 71.2 Å². The second-order valence-electron chi connectivity index (χ2n) is 5.70. The van der Waals surface area contributed by atoms with Gasteiger partial charge >= 0.3 is 0 Å². The lowest BCUT2D eigenvalue weighted by molar-refractivity contribution is 0.0992. The molecule has 1 aromatic heterocycles. The Morgan fingerprint density at radius 3 is 2.44 bits per heavy atom. The molecule has 27 heavy (non-hydrogen) atoms. The summed E-state index contributed by atoms with van der Waals surface area (Å²) in [5, 5.41) is 6.48. The van der Waals surface area contributed by atoms with E-state index in [0.29, 0.717) is 0 Å². The van der Waals surface area contributed by atoms with Gasteiger partial charge in [-0.3, -0.25) is 14.3 Å². The lowest BCUT2D eigenvalue weighted by Gasteiger charge is -2.08. The molecule has 0 unspecified atom stereocenters. The van der Waals surface area contributed by atoms with Crippen LogP contribution in [0.3, 0.4) is 0 Å². The number of halogens is 3. The van der Waals surface area contributed by atoms with E-state index in [1.165, 1.54) is 24.0 Å². The fourth-order valence-corrected chi connectivity index (χ4v) is 2.52. The van der Waals surface area contributed by atoms with E-state index in [9.17, 15) is 22.8 Å². The first-order valence-electron chi connectivity index (χ1n) is 7.66. The minimum Gasteiger partial charge on any atom is -0.366 e. The highest BCUT2D eigenvalue weighted by Crippen LogP contribution is 2.26. The van der Waals surface area contributed by atoms with Gasteiger partial charge in [0.2, 0.25) is 0 Å². The van der Waals surface area contributed by atoms with Crippen LogP contribution in [0.5, 0.6) is 0 Å². The van der Waals surface area contributed by atoms with Crippen LogP contribution in [0, 0.1) is 17.5 Å². The predicted molar refractivity (Wildman–Crippen MR) is 91.4 cm³/mol. The molecule has 0 saturated heterocycles. The zero-order chi connectivity index (χ0) is 19.7. The van der Waals surface area contributed by atoms with Gasteiger partial charge in [-0.05, 0) is 36.4 Å². The molecular formula is C18H13F3N4O2. The van der Waals surface area contributed by atoms with Crippen molar-refractivity contribution in [2.75, 3.05) is 5.32 Å². The average molecular weight is 374 g/mol. The van der Waals surface area contributed by atoms with Crippen molar-refractivity contribution in [3.63, 3.8) is 0 Å². The molecule has 9 heteroatoms. The van der Waals surface area contributed by atoms with E-state index in [1.54, 1.807) is 0 Å². The first kappa shape index (κ1) is 18.2. The highest BCUT2D eigenvalue weighted by atomic mass is 19.1. The van der Waals surface area contributed by atoms with Gasteiger partial charge in [-0.25, -0.2) is 13.2 Å². The van der Waals surface area contributed by atoms with Gasteiger partial charge in [0.25, 0.3) is 11.8 Å². The Hall–Kier alpha value is -3.62. The molecule has 0 aliphatic carbocycles. The van der Waals surface area contributed by atoms with Crippen molar-refractivity contribution < 1.29 is 22.8 Å². The summed E-state index contributed by atoms with van der Waals surface area (Å²) in [5.41, 5.74) is 4.50. The van der Waals surface area contributed by atoms with E-state index >= 15 is 0 Å². The Kier molecular flexibility index (Phi) is 4.68. The SMILES string of the molecule is Cn1cc(C(=O)Nc2ccc(F)c(C(N)=O)c2)c(-c2cc(F)ccc2F)n1. The number of hydrogen-bond acceptors (Lipinski definition) is 3. The third kappa shape index (κ3) is 3.66. The molecular weight excluding hydrogens is 361 g/mol. The molecule has 1 heterocycles. The van der Waals surface area contributed by atoms with Crippen LogP contribution in [0.2, 0.25) is 0 Å². The molecule has 0 radical (unpaired) electrons. The molecule has 0 spiro atoms. The zero-order valence-corrected chi connectivity index (χ0v) is 14.0. The number of aryl methyl sites for hydroxylation is 1. The van der Waals surface area contributed by atoms with Gasteiger partial charge in [-0.15, -0.1) is 0 Å². The minimum atomic E-state index is -0.993. The van der Waals surface area contributed by atoms with Gasteiger partial charge in [0.15, 0.2) is 0 Å². The van der Waals surface area contributed by atoms with Crippen molar-refractivity contribution >= 4 is 17.5 Å². The molecule has 6 nitrogen and oxygen atoms in total. The molecule has 3 rings (SSSR count). The molecule has 2 aromatic carbocycles. The highest BCUT2D eigenvalue weighted by Gasteiger charge is 2.21. The number of nitrogens with zero attached hydrogens (tertiary/aromatic N) is 2. The fourth-order valence-electron chi connectivity index (χ4n) is 2.52. The molecule has 0 fully saturated rings. The third-order valence-electron chi connectivity index (χ3n) is 3.75. The lowest BCUT2D eigenvalue weighted by Crippen LogP contribution is -2.16. The number of amides is 2. The van der Waals surface area contributed by atoms with Gasteiger partial charge in [0.1, 0.15) is 23.1 Å². The van der Waals surface area contributed by atoms with Crippen molar-refractivity contribution in [2.45, 2.75) is 0 Å². The van der Waals surface area contributed by atoms with Gasteiger partial charge in [0.05, 0.1) is 11.1 Å². The minimum absolute atomic E-state index is 0.0352. The van der Waals surface area contributed by atoms with Crippen molar-refractivity contribution in [1.29, 1.82) is 0 Å². The molecule has 2 amide bonds. The van der Waals surface area contributed by atoms with E-state index in [1.807, 2.05) is 0 Å². The molecule has 0 saturated carbocycles. The van der Waals surface area contributed by atoms with Crippen LogP contribution >= 0.6 is 0 Å². The second-order valence-corrected chi connectivity index (χ2v) is 5.70. The summed E-state index contributed by atoms with van der Waals surface area (Å²) in [5.74, 6) is -3.96. The standard InChI is InChI=1S/C18H13F3N4O2/c1-25-8-13(16(24-25)11-6-9(19)2-4-14(11)20)18(27)23-10-3-5-15(21)12(7-10)17(22)26/h2-8H,1H3,(H2,22,26)(H,23,27). The van der Waals surface area contributed by atoms with Gasteiger partial charge < -0.3 is 11.1 Å². The first-order chi connectivity index (χ1) is 12.8. The van der Waals surface area contributed by atoms with Crippen LogP contribution in [0.25, 0.3) is 11.3 Å². The maximum atomic E-state index is 14.1. The molecule has 0 aliphatic rings. The Labute approximate surface area is 151 Å². The van der Waals surface area contributed by atoms with Gasteiger partial charge in [-0.2, -0.15) is 5.10 Å². The summed E-state index contributed by atoms with van der Waals surface area (Å²) >= 11 is 0. The summed E-state index contributed by atoms with van der Waals surface area (Å²) in [4.78, 5) is 23.8. The topological polar surface area (TPSA) is 90.0 Å². The monoisotopic (exact) mass is 374 g/mol. The number of nitrogens with two attached hydrogens (primary N) is 1. The van der Waals surface area contributed by atoms with Crippen LogP contribution in [-0.2, 0) is 7.05 Å². The quantitative estimate of drug-likeness (QED) is 0.736. The number of benzene rings is 2. The first-order valence-corrected chi connectivity index (χ1v) is 7.66. The Balaban J connectivity index is 1.98. The van der Waals surface area contributed by atoms with E-state index in [0.717, 1.165) is 30.3 Å². The summed E-state index contributed by atoms with van der Waals surface area (Å²) in [6.45, 7) is 0. The van der Waals surface area contributed by atoms with Crippen molar-refractivity contribution in [1.82, 2.24) is 9.78 Å². The lowest BCUT2D eigenvalue weighted by atomic mass is 10.1. The van der Waals surface area contributed by atoms with Crippen molar-refractivity contribution in [3.8, 4) is 11.3 Å². The Morgan fingerprint density at radius 2 is 1.74 bits per heavy atom. The molecule has 0 aliphatic heterocycles.